The largest absolute Gasteiger partial charge is 0.360 e. The summed E-state index contributed by atoms with van der Waals surface area (Å²) in [5.74, 6) is -1.39. The van der Waals surface area contributed by atoms with Crippen LogP contribution in [-0.4, -0.2) is 57.1 Å². The van der Waals surface area contributed by atoms with Crippen LogP contribution in [0.3, 0.4) is 0 Å². The summed E-state index contributed by atoms with van der Waals surface area (Å²) in [5.41, 5.74) is -1.58. The number of amides is 3. The number of carbonyl (C=O) groups excluding carboxylic acids is 3. The standard InChI is InChI=1S/C21H26N4O5/c1-10-9-13(24-30-10)22-17(26)14-12-7-8-21(29-12)15(14)19(28)25(11-5-6-11)16(21)18(27)23-20(2,3)4/h7-9,11-12,14-16H,5-6H2,1-4H3,(H,23,27)(H,22,24,26). The van der Waals surface area contributed by atoms with Gasteiger partial charge in [0.25, 0.3) is 0 Å². The van der Waals surface area contributed by atoms with Gasteiger partial charge in [0, 0.05) is 17.6 Å². The summed E-state index contributed by atoms with van der Waals surface area (Å²) < 4.78 is 11.3. The van der Waals surface area contributed by atoms with Crippen molar-refractivity contribution in [2.24, 2.45) is 11.8 Å². The summed E-state index contributed by atoms with van der Waals surface area (Å²) in [4.78, 5) is 41.6. The van der Waals surface area contributed by atoms with Crippen LogP contribution in [0.15, 0.2) is 22.7 Å². The molecule has 3 aliphatic heterocycles. The number of hydrogen-bond acceptors (Lipinski definition) is 6. The molecule has 30 heavy (non-hydrogen) atoms. The molecule has 5 atom stereocenters. The van der Waals surface area contributed by atoms with Crippen LogP contribution in [-0.2, 0) is 19.1 Å². The summed E-state index contributed by atoms with van der Waals surface area (Å²) in [6.07, 6.45) is 4.78. The molecule has 2 bridgehead atoms. The Morgan fingerprint density at radius 1 is 1.27 bits per heavy atom. The highest BCUT2D eigenvalue weighted by atomic mass is 16.5. The van der Waals surface area contributed by atoms with Gasteiger partial charge in [-0.05, 0) is 40.5 Å². The van der Waals surface area contributed by atoms with Crippen LogP contribution in [0.4, 0.5) is 5.82 Å². The molecule has 9 heteroatoms. The zero-order valence-corrected chi connectivity index (χ0v) is 17.5. The number of aryl methyl sites for hydroxylation is 1. The average molecular weight is 414 g/mol. The number of aromatic nitrogens is 1. The lowest BCUT2D eigenvalue weighted by Gasteiger charge is -2.34. The minimum atomic E-state index is -1.12. The molecule has 0 radical (unpaired) electrons. The molecule has 3 fully saturated rings. The van der Waals surface area contributed by atoms with Gasteiger partial charge in [-0.15, -0.1) is 0 Å². The Morgan fingerprint density at radius 2 is 2.00 bits per heavy atom. The fraction of sp³-hybridized carbons (Fsp3) is 0.619. The number of likely N-dealkylation sites (tertiary alicyclic amines) is 1. The van der Waals surface area contributed by atoms with E-state index in [1.165, 1.54) is 0 Å². The fourth-order valence-electron chi connectivity index (χ4n) is 5.03. The zero-order valence-electron chi connectivity index (χ0n) is 17.5. The van der Waals surface area contributed by atoms with Crippen molar-refractivity contribution in [3.05, 3.63) is 24.0 Å². The van der Waals surface area contributed by atoms with Gasteiger partial charge in [0.1, 0.15) is 17.4 Å². The minimum absolute atomic E-state index is 0.0196. The SMILES string of the molecule is Cc1cc(NC(=O)C2C3C=CC4(O3)C2C(=O)N(C2CC2)C4C(=O)NC(C)(C)C)no1. The normalized spacial score (nSPS) is 34.4. The molecule has 160 valence electrons. The molecule has 1 saturated carbocycles. The van der Waals surface area contributed by atoms with Gasteiger partial charge in [-0.2, -0.15) is 0 Å². The van der Waals surface area contributed by atoms with E-state index in [9.17, 15) is 14.4 Å². The van der Waals surface area contributed by atoms with Crippen molar-refractivity contribution in [1.29, 1.82) is 0 Å². The molecule has 1 aliphatic carbocycles. The summed E-state index contributed by atoms with van der Waals surface area (Å²) in [6, 6.07) is 0.852. The molecule has 5 unspecified atom stereocenters. The highest BCUT2D eigenvalue weighted by Gasteiger charge is 2.74. The number of anilines is 1. The molecule has 2 saturated heterocycles. The minimum Gasteiger partial charge on any atom is -0.360 e. The van der Waals surface area contributed by atoms with Gasteiger partial charge in [0.15, 0.2) is 5.82 Å². The van der Waals surface area contributed by atoms with Crippen LogP contribution >= 0.6 is 0 Å². The van der Waals surface area contributed by atoms with Gasteiger partial charge in [-0.3, -0.25) is 14.4 Å². The maximum absolute atomic E-state index is 13.5. The van der Waals surface area contributed by atoms with E-state index in [0.29, 0.717) is 11.6 Å². The number of rotatable bonds is 4. The predicted molar refractivity (Wildman–Crippen MR) is 105 cm³/mol. The van der Waals surface area contributed by atoms with Crippen LogP contribution in [0.5, 0.6) is 0 Å². The second kappa shape index (κ2) is 6.16. The van der Waals surface area contributed by atoms with Crippen LogP contribution in [0.2, 0.25) is 0 Å². The first-order valence-corrected chi connectivity index (χ1v) is 10.4. The summed E-state index contributed by atoms with van der Waals surface area (Å²) >= 11 is 0. The predicted octanol–water partition coefficient (Wildman–Crippen LogP) is 1.15. The van der Waals surface area contributed by atoms with Crippen molar-refractivity contribution >= 4 is 23.5 Å². The molecule has 3 amide bonds. The Kier molecular flexibility index (Phi) is 3.96. The summed E-state index contributed by atoms with van der Waals surface area (Å²) in [7, 11) is 0. The molecule has 0 aromatic carbocycles. The third kappa shape index (κ3) is 2.79. The molecule has 9 nitrogen and oxygen atoms in total. The second-order valence-electron chi connectivity index (χ2n) is 9.73. The fourth-order valence-corrected chi connectivity index (χ4v) is 5.03. The van der Waals surface area contributed by atoms with E-state index >= 15 is 0 Å². The lowest BCUT2D eigenvalue weighted by Crippen LogP contribution is -2.58. The van der Waals surface area contributed by atoms with Crippen molar-refractivity contribution in [3.8, 4) is 0 Å². The van der Waals surface area contributed by atoms with E-state index in [0.717, 1.165) is 12.8 Å². The first kappa shape index (κ1) is 19.3. The molecule has 5 rings (SSSR count). The summed E-state index contributed by atoms with van der Waals surface area (Å²) in [5, 5.41) is 9.54. The number of nitrogens with zero attached hydrogens (tertiary/aromatic N) is 2. The lowest BCUT2D eigenvalue weighted by molar-refractivity contribution is -0.142. The molecule has 1 aromatic rings. The molecule has 1 aromatic heterocycles. The van der Waals surface area contributed by atoms with E-state index in [4.69, 9.17) is 9.26 Å². The number of nitrogens with one attached hydrogen (secondary N) is 2. The Balaban J connectivity index is 1.48. The van der Waals surface area contributed by atoms with Crippen LogP contribution in [0.1, 0.15) is 39.4 Å². The Hall–Kier alpha value is -2.68. The first-order chi connectivity index (χ1) is 14.1. The number of carbonyl (C=O) groups is 3. The monoisotopic (exact) mass is 414 g/mol. The van der Waals surface area contributed by atoms with Crippen molar-refractivity contribution in [1.82, 2.24) is 15.4 Å². The van der Waals surface area contributed by atoms with E-state index < -0.39 is 35.1 Å². The van der Waals surface area contributed by atoms with Crippen molar-refractivity contribution < 1.29 is 23.6 Å². The van der Waals surface area contributed by atoms with Gasteiger partial charge in [-0.1, -0.05) is 17.3 Å². The Bertz CT molecular complexity index is 959. The Morgan fingerprint density at radius 3 is 2.60 bits per heavy atom. The third-order valence-corrected chi connectivity index (χ3v) is 6.18. The van der Waals surface area contributed by atoms with Crippen LogP contribution < -0.4 is 10.6 Å². The van der Waals surface area contributed by atoms with E-state index in [1.54, 1.807) is 24.0 Å². The van der Waals surface area contributed by atoms with Gasteiger partial charge in [0.05, 0.1) is 17.9 Å². The van der Waals surface area contributed by atoms with Gasteiger partial charge in [-0.25, -0.2) is 0 Å². The lowest BCUT2D eigenvalue weighted by atomic mass is 9.74. The molecule has 4 aliphatic rings. The van der Waals surface area contributed by atoms with Gasteiger partial charge < -0.3 is 24.8 Å². The first-order valence-electron chi connectivity index (χ1n) is 10.4. The quantitative estimate of drug-likeness (QED) is 0.715. The van der Waals surface area contributed by atoms with Crippen molar-refractivity contribution in [2.45, 2.75) is 69.9 Å². The molecule has 2 N–H and O–H groups in total. The van der Waals surface area contributed by atoms with Gasteiger partial charge >= 0.3 is 0 Å². The van der Waals surface area contributed by atoms with Gasteiger partial charge in [0.2, 0.25) is 17.7 Å². The Labute approximate surface area is 174 Å². The van der Waals surface area contributed by atoms with Crippen molar-refractivity contribution in [3.63, 3.8) is 0 Å². The topological polar surface area (TPSA) is 114 Å². The number of hydrogen-bond donors (Lipinski definition) is 2. The molecular weight excluding hydrogens is 388 g/mol. The number of fused-ring (bicyclic) bond motifs is 1. The van der Waals surface area contributed by atoms with Crippen LogP contribution in [0.25, 0.3) is 0 Å². The maximum Gasteiger partial charge on any atom is 0.246 e. The molecule has 4 heterocycles. The average Bonchev–Trinajstić information content (AvgIpc) is 3.01. The molecular formula is C21H26N4O5. The number of ether oxygens (including phenoxy) is 1. The molecule has 1 spiro atoms. The highest BCUT2D eigenvalue weighted by molar-refractivity contribution is 6.02. The second-order valence-corrected chi connectivity index (χ2v) is 9.73. The smallest absolute Gasteiger partial charge is 0.246 e. The van der Waals surface area contributed by atoms with E-state index in [2.05, 4.69) is 15.8 Å². The van der Waals surface area contributed by atoms with E-state index in [1.807, 2.05) is 26.8 Å². The highest BCUT2D eigenvalue weighted by Crippen LogP contribution is 2.57. The maximum atomic E-state index is 13.5. The van der Waals surface area contributed by atoms with Crippen molar-refractivity contribution in [2.75, 3.05) is 5.32 Å². The van der Waals surface area contributed by atoms with Crippen LogP contribution in [0, 0.1) is 18.8 Å². The van der Waals surface area contributed by atoms with E-state index in [-0.39, 0.29) is 23.8 Å². The zero-order chi connectivity index (χ0) is 21.4. The summed E-state index contributed by atoms with van der Waals surface area (Å²) in [6.45, 7) is 7.43. The third-order valence-electron chi connectivity index (χ3n) is 6.18.